The first-order valence-corrected chi connectivity index (χ1v) is 9.01. The molecule has 1 aromatic rings. The van der Waals surface area contributed by atoms with Crippen LogP contribution in [-0.2, 0) is 19.6 Å². The summed E-state index contributed by atoms with van der Waals surface area (Å²) in [6.45, 7) is 2.60. The Morgan fingerprint density at radius 1 is 1.39 bits per heavy atom. The van der Waals surface area contributed by atoms with Crippen LogP contribution in [0.25, 0.3) is 0 Å². The minimum absolute atomic E-state index is 0.00253. The Hall–Kier alpha value is -1.51. The Kier molecular flexibility index (Phi) is 6.09. The highest BCUT2D eigenvalue weighted by Gasteiger charge is 2.25. The molecular formula is C15H21FN2O4S. The van der Waals surface area contributed by atoms with Crippen LogP contribution in [0.15, 0.2) is 29.2 Å². The fourth-order valence-corrected chi connectivity index (χ4v) is 3.78. The molecule has 23 heavy (non-hydrogen) atoms. The minimum Gasteiger partial charge on any atom is -0.376 e. The maximum Gasteiger partial charge on any atom is 0.243 e. The molecule has 0 bridgehead atoms. The molecule has 0 spiro atoms. The number of nitrogens with one attached hydrogen (secondary N) is 1. The van der Waals surface area contributed by atoms with Crippen molar-refractivity contribution in [2.75, 3.05) is 26.2 Å². The first kappa shape index (κ1) is 17.8. The van der Waals surface area contributed by atoms with Gasteiger partial charge in [0, 0.05) is 19.7 Å². The van der Waals surface area contributed by atoms with E-state index in [1.807, 2.05) is 0 Å². The highest BCUT2D eigenvalue weighted by Crippen LogP contribution is 2.16. The standard InChI is InChI=1S/C15H21FN2O4S/c1-2-18(11-15(19)17-10-13-4-3-9-22-13)23(20,21)14-7-5-12(16)6-8-14/h5-8,13H,2-4,9-11H2,1H3,(H,17,19)/t13-/m0/s1. The van der Waals surface area contributed by atoms with Gasteiger partial charge in [0.15, 0.2) is 0 Å². The van der Waals surface area contributed by atoms with E-state index in [-0.39, 0.29) is 30.0 Å². The van der Waals surface area contributed by atoms with Gasteiger partial charge in [-0.05, 0) is 37.1 Å². The van der Waals surface area contributed by atoms with E-state index in [1.165, 1.54) is 12.1 Å². The normalized spacial score (nSPS) is 18.3. The second-order valence-electron chi connectivity index (χ2n) is 5.32. The molecule has 0 aromatic heterocycles. The van der Waals surface area contributed by atoms with Gasteiger partial charge in [-0.3, -0.25) is 4.79 Å². The quantitative estimate of drug-likeness (QED) is 0.805. The van der Waals surface area contributed by atoms with Crippen molar-refractivity contribution < 1.29 is 22.3 Å². The lowest BCUT2D eigenvalue weighted by Gasteiger charge is -2.20. The maximum absolute atomic E-state index is 12.9. The molecule has 1 aliphatic heterocycles. The third-order valence-electron chi connectivity index (χ3n) is 3.67. The molecule has 1 N–H and O–H groups in total. The summed E-state index contributed by atoms with van der Waals surface area (Å²) in [6.07, 6.45) is 1.87. The number of benzene rings is 1. The number of hydrogen-bond donors (Lipinski definition) is 1. The first-order valence-electron chi connectivity index (χ1n) is 7.57. The number of carbonyl (C=O) groups is 1. The monoisotopic (exact) mass is 344 g/mol. The van der Waals surface area contributed by atoms with E-state index in [1.54, 1.807) is 6.92 Å². The van der Waals surface area contributed by atoms with E-state index in [4.69, 9.17) is 4.74 Å². The van der Waals surface area contributed by atoms with Crippen LogP contribution in [0.2, 0.25) is 0 Å². The minimum atomic E-state index is -3.83. The summed E-state index contributed by atoms with van der Waals surface area (Å²) >= 11 is 0. The fraction of sp³-hybridized carbons (Fsp3) is 0.533. The number of rotatable bonds is 7. The Balaban J connectivity index is 1.97. The third-order valence-corrected chi connectivity index (χ3v) is 5.61. The van der Waals surface area contributed by atoms with Gasteiger partial charge in [-0.25, -0.2) is 12.8 Å². The summed E-state index contributed by atoms with van der Waals surface area (Å²) in [5.41, 5.74) is 0. The molecule has 8 heteroatoms. The Morgan fingerprint density at radius 2 is 2.09 bits per heavy atom. The molecule has 0 unspecified atom stereocenters. The maximum atomic E-state index is 12.9. The highest BCUT2D eigenvalue weighted by atomic mass is 32.2. The molecule has 0 aliphatic carbocycles. The van der Waals surface area contributed by atoms with E-state index in [2.05, 4.69) is 5.32 Å². The largest absolute Gasteiger partial charge is 0.376 e. The van der Waals surface area contributed by atoms with Crippen LogP contribution in [-0.4, -0.2) is 51.0 Å². The van der Waals surface area contributed by atoms with Crippen LogP contribution in [0.5, 0.6) is 0 Å². The van der Waals surface area contributed by atoms with Crippen LogP contribution in [0, 0.1) is 5.82 Å². The van der Waals surface area contributed by atoms with Crippen molar-refractivity contribution in [1.82, 2.24) is 9.62 Å². The van der Waals surface area contributed by atoms with Crippen molar-refractivity contribution in [3.8, 4) is 0 Å². The summed E-state index contributed by atoms with van der Waals surface area (Å²) in [4.78, 5) is 11.9. The predicted molar refractivity (Wildman–Crippen MR) is 82.8 cm³/mol. The summed E-state index contributed by atoms with van der Waals surface area (Å²) in [5.74, 6) is -0.894. The molecule has 128 valence electrons. The zero-order chi connectivity index (χ0) is 16.9. The number of carbonyl (C=O) groups excluding carboxylic acids is 1. The molecule has 1 aromatic carbocycles. The van der Waals surface area contributed by atoms with Gasteiger partial charge >= 0.3 is 0 Å². The van der Waals surface area contributed by atoms with Gasteiger partial charge in [0.2, 0.25) is 15.9 Å². The summed E-state index contributed by atoms with van der Waals surface area (Å²) in [7, 11) is -3.83. The molecule has 1 saturated heterocycles. The summed E-state index contributed by atoms with van der Waals surface area (Å²) in [6, 6.07) is 4.55. The molecule has 6 nitrogen and oxygen atoms in total. The Labute approximate surface area is 135 Å². The zero-order valence-electron chi connectivity index (χ0n) is 13.0. The van der Waals surface area contributed by atoms with Crippen LogP contribution in [0.4, 0.5) is 4.39 Å². The van der Waals surface area contributed by atoms with Crippen molar-refractivity contribution in [3.63, 3.8) is 0 Å². The molecule has 1 aliphatic rings. The van der Waals surface area contributed by atoms with Gasteiger partial charge in [0.1, 0.15) is 5.82 Å². The van der Waals surface area contributed by atoms with Crippen molar-refractivity contribution in [2.24, 2.45) is 0 Å². The average Bonchev–Trinajstić information content (AvgIpc) is 3.04. The third kappa shape index (κ3) is 4.73. The number of nitrogens with zero attached hydrogens (tertiary/aromatic N) is 1. The molecule has 0 saturated carbocycles. The van der Waals surface area contributed by atoms with Gasteiger partial charge in [-0.2, -0.15) is 4.31 Å². The highest BCUT2D eigenvalue weighted by molar-refractivity contribution is 7.89. The zero-order valence-corrected chi connectivity index (χ0v) is 13.8. The Morgan fingerprint density at radius 3 is 2.65 bits per heavy atom. The number of halogens is 1. The first-order chi connectivity index (χ1) is 10.9. The lowest BCUT2D eigenvalue weighted by Crippen LogP contribution is -2.42. The van der Waals surface area contributed by atoms with Crippen molar-refractivity contribution in [3.05, 3.63) is 30.1 Å². The van der Waals surface area contributed by atoms with Crippen LogP contribution in [0.3, 0.4) is 0 Å². The number of sulfonamides is 1. The molecule has 1 heterocycles. The van der Waals surface area contributed by atoms with Crippen molar-refractivity contribution in [1.29, 1.82) is 0 Å². The van der Waals surface area contributed by atoms with E-state index in [0.717, 1.165) is 29.3 Å². The number of likely N-dealkylation sites (N-methyl/N-ethyl adjacent to an activating group) is 1. The van der Waals surface area contributed by atoms with Crippen molar-refractivity contribution in [2.45, 2.75) is 30.8 Å². The van der Waals surface area contributed by atoms with E-state index < -0.39 is 15.8 Å². The molecule has 1 atom stereocenters. The van der Waals surface area contributed by atoms with Gasteiger partial charge in [-0.15, -0.1) is 0 Å². The summed E-state index contributed by atoms with van der Waals surface area (Å²) in [5, 5.41) is 2.69. The molecular weight excluding hydrogens is 323 g/mol. The second-order valence-corrected chi connectivity index (χ2v) is 7.26. The van der Waals surface area contributed by atoms with Gasteiger partial charge in [-0.1, -0.05) is 6.92 Å². The molecule has 1 fully saturated rings. The Bertz CT molecular complexity index is 627. The SMILES string of the molecule is CCN(CC(=O)NC[C@@H]1CCCO1)S(=O)(=O)c1ccc(F)cc1. The lowest BCUT2D eigenvalue weighted by atomic mass is 10.2. The fourth-order valence-electron chi connectivity index (χ4n) is 2.37. The second kappa shape index (κ2) is 7.85. The number of amides is 1. The predicted octanol–water partition coefficient (Wildman–Crippen LogP) is 1.13. The van der Waals surface area contributed by atoms with Gasteiger partial charge < -0.3 is 10.1 Å². The van der Waals surface area contributed by atoms with E-state index in [0.29, 0.717) is 13.2 Å². The molecule has 0 radical (unpaired) electrons. The molecule has 1 amide bonds. The number of hydrogen-bond acceptors (Lipinski definition) is 4. The van der Waals surface area contributed by atoms with Crippen LogP contribution < -0.4 is 5.32 Å². The smallest absolute Gasteiger partial charge is 0.243 e. The van der Waals surface area contributed by atoms with Crippen LogP contribution in [0.1, 0.15) is 19.8 Å². The van der Waals surface area contributed by atoms with E-state index >= 15 is 0 Å². The van der Waals surface area contributed by atoms with Gasteiger partial charge in [0.25, 0.3) is 0 Å². The van der Waals surface area contributed by atoms with Crippen molar-refractivity contribution >= 4 is 15.9 Å². The van der Waals surface area contributed by atoms with Crippen LogP contribution >= 0.6 is 0 Å². The number of ether oxygens (including phenoxy) is 1. The van der Waals surface area contributed by atoms with E-state index in [9.17, 15) is 17.6 Å². The summed E-state index contributed by atoms with van der Waals surface area (Å²) < 4.78 is 44.3. The van der Waals surface area contributed by atoms with Gasteiger partial charge in [0.05, 0.1) is 17.5 Å². The lowest BCUT2D eigenvalue weighted by molar-refractivity contribution is -0.121. The topological polar surface area (TPSA) is 75.7 Å². The molecule has 2 rings (SSSR count). The average molecular weight is 344 g/mol.